The van der Waals surface area contributed by atoms with E-state index < -0.39 is 0 Å². The molecule has 0 atom stereocenters. The molecule has 0 spiro atoms. The topological polar surface area (TPSA) is 0 Å². The summed E-state index contributed by atoms with van der Waals surface area (Å²) in [6.45, 7) is 2.42. The first kappa shape index (κ1) is 34.3. The molecule has 2 fully saturated rings. The summed E-state index contributed by atoms with van der Waals surface area (Å²) >= 11 is 0. The normalized spacial score (nSPS) is 18.3. The molecular weight excluding hydrogens is 685 g/mol. The number of hydrogen-bond acceptors (Lipinski definition) is 0. The van der Waals surface area contributed by atoms with Crippen molar-refractivity contribution in [3.8, 4) is 11.1 Å². The molecular formula is C28H34Rb2Y2-2. The Morgan fingerprint density at radius 3 is 1.41 bits per heavy atom. The minimum absolute atomic E-state index is 0. The van der Waals surface area contributed by atoms with Gasteiger partial charge in [0.1, 0.15) is 0 Å². The van der Waals surface area contributed by atoms with Crippen LogP contribution in [0.15, 0.2) is 36.4 Å². The van der Waals surface area contributed by atoms with Gasteiger partial charge in [-0.25, -0.2) is 0 Å². The van der Waals surface area contributed by atoms with Crippen LogP contribution in [0.2, 0.25) is 0 Å². The van der Waals surface area contributed by atoms with Gasteiger partial charge in [0.25, 0.3) is 0 Å². The van der Waals surface area contributed by atoms with Gasteiger partial charge in [-0.3, -0.25) is 0 Å². The second kappa shape index (κ2) is 17.1. The van der Waals surface area contributed by atoms with Crippen molar-refractivity contribution in [1.82, 2.24) is 0 Å². The average molecular weight is 719 g/mol. The molecule has 0 unspecified atom stereocenters. The van der Waals surface area contributed by atoms with Crippen LogP contribution in [0, 0.1) is 24.7 Å². The van der Waals surface area contributed by atoms with Crippen molar-refractivity contribution in [2.45, 2.75) is 77.0 Å². The molecule has 3 aliphatic carbocycles. The predicted octanol–water partition coefficient (Wildman–Crippen LogP) is 6.93. The van der Waals surface area contributed by atoms with Crippen LogP contribution in [0.4, 0.5) is 0 Å². The monoisotopic (exact) mass is 718 g/mol. The molecule has 0 aliphatic heterocycles. The summed E-state index contributed by atoms with van der Waals surface area (Å²) in [7, 11) is 0. The summed E-state index contributed by atoms with van der Waals surface area (Å²) in [6.07, 6.45) is 18.3. The second-order valence-corrected chi connectivity index (χ2v) is 9.59. The number of rotatable bonds is 4. The molecule has 156 valence electrons. The van der Waals surface area contributed by atoms with Crippen LogP contribution in [-0.4, -0.2) is 116 Å². The van der Waals surface area contributed by atoms with Crippen LogP contribution in [0.25, 0.3) is 11.1 Å². The van der Waals surface area contributed by atoms with E-state index in [9.17, 15) is 0 Å². The quantitative estimate of drug-likeness (QED) is 0.301. The maximum atomic E-state index is 2.54. The molecule has 5 rings (SSSR count). The minimum atomic E-state index is 0. The fraction of sp³-hybridized carbons (Fsp3) is 0.500. The third kappa shape index (κ3) is 8.63. The molecule has 2 aromatic rings. The maximum Gasteiger partial charge on any atom is 0.00735 e. The molecule has 4 radical (unpaired) electrons. The number of hydrogen-bond donors (Lipinski definition) is 0. The standard InChI is InChI=1S/C28H34.2Rb.2Y/c1-20-27-18-23(16-21-8-4-2-5-9-21)12-14-25(27)26-15-13-24(19-28(20)26)17-22-10-6-3-7-11-22;;;;/h2-3,12-15,18-22H,4-11,16-17H2,1H3;;;;/q-2;;;;. The van der Waals surface area contributed by atoms with Crippen LogP contribution in [0.3, 0.4) is 0 Å². The summed E-state index contributed by atoms with van der Waals surface area (Å²) in [5.74, 6) is 2.33. The van der Waals surface area contributed by atoms with Crippen LogP contribution in [-0.2, 0) is 78.3 Å². The second-order valence-electron chi connectivity index (χ2n) is 9.59. The molecule has 2 aromatic carbocycles. The Morgan fingerprint density at radius 1 is 0.656 bits per heavy atom. The van der Waals surface area contributed by atoms with E-state index in [2.05, 4.69) is 56.2 Å². The molecule has 3 aliphatic rings. The summed E-state index contributed by atoms with van der Waals surface area (Å²) in [5.41, 5.74) is 9.23. The SMILES string of the molecule is CC1c2cc(CC3CC[CH-]CC3)ccc2-c2ccc(CC3CC[CH-]CC3)cc21.[Rb].[Rb].[Y].[Y]. The van der Waals surface area contributed by atoms with Crippen molar-refractivity contribution < 1.29 is 65.4 Å². The minimum Gasteiger partial charge on any atom is -0.328 e. The van der Waals surface area contributed by atoms with Crippen molar-refractivity contribution >= 4 is 116 Å². The maximum absolute atomic E-state index is 2.54. The molecule has 32 heavy (non-hydrogen) atoms. The third-order valence-electron chi connectivity index (χ3n) is 7.62. The predicted molar refractivity (Wildman–Crippen MR) is 131 cm³/mol. The van der Waals surface area contributed by atoms with Gasteiger partial charge in [0.2, 0.25) is 0 Å². The fourth-order valence-electron chi connectivity index (χ4n) is 5.92. The van der Waals surface area contributed by atoms with Crippen LogP contribution in [0.1, 0.15) is 86.5 Å². The molecule has 0 amide bonds. The Labute approximate surface area is 345 Å². The summed E-state index contributed by atoms with van der Waals surface area (Å²) < 4.78 is 0. The van der Waals surface area contributed by atoms with E-state index in [-0.39, 0.29) is 182 Å². The largest absolute Gasteiger partial charge is 0.328 e. The van der Waals surface area contributed by atoms with Crippen LogP contribution in [0.5, 0.6) is 0 Å². The molecule has 0 nitrogen and oxygen atoms in total. The molecule has 0 heterocycles. The first-order valence-electron chi connectivity index (χ1n) is 11.7. The zero-order valence-corrected chi connectivity index (χ0v) is 36.1. The first-order valence-corrected chi connectivity index (χ1v) is 11.7. The van der Waals surface area contributed by atoms with Gasteiger partial charge in [-0.05, 0) is 58.1 Å². The Balaban J connectivity index is 0.00000128. The number of fused-ring (bicyclic) bond motifs is 3. The molecule has 0 aromatic heterocycles. The summed E-state index contributed by atoms with van der Waals surface area (Å²) in [6, 6.07) is 14.7. The Bertz CT molecular complexity index is 770. The van der Waals surface area contributed by atoms with Crippen molar-refractivity contribution in [3.63, 3.8) is 0 Å². The van der Waals surface area contributed by atoms with Crippen LogP contribution < -0.4 is 0 Å². The van der Waals surface area contributed by atoms with Crippen LogP contribution >= 0.6 is 0 Å². The van der Waals surface area contributed by atoms with E-state index in [0.29, 0.717) is 5.92 Å². The smallest absolute Gasteiger partial charge is 0.00735 e. The van der Waals surface area contributed by atoms with Crippen molar-refractivity contribution in [2.24, 2.45) is 11.8 Å². The molecule has 0 N–H and O–H groups in total. The zero-order valence-electron chi connectivity index (χ0n) is 20.6. The molecule has 0 bridgehead atoms. The van der Waals surface area contributed by atoms with Gasteiger partial charge in [0, 0.05) is 188 Å². The Hall–Kier alpha value is 4.26. The number of benzene rings is 2. The molecule has 2 saturated carbocycles. The van der Waals surface area contributed by atoms with Gasteiger partial charge < -0.3 is 12.8 Å². The van der Waals surface area contributed by atoms with Gasteiger partial charge in [-0.15, -0.1) is 0 Å². The zero-order chi connectivity index (χ0) is 18.9. The van der Waals surface area contributed by atoms with Gasteiger partial charge in [0.15, 0.2) is 0 Å². The van der Waals surface area contributed by atoms with Gasteiger partial charge >= 0.3 is 0 Å². The van der Waals surface area contributed by atoms with E-state index in [1.54, 1.807) is 22.3 Å². The summed E-state index contributed by atoms with van der Waals surface area (Å²) in [4.78, 5) is 0. The van der Waals surface area contributed by atoms with Gasteiger partial charge in [-0.2, -0.15) is 25.7 Å². The van der Waals surface area contributed by atoms with Crippen molar-refractivity contribution in [3.05, 3.63) is 71.5 Å². The van der Waals surface area contributed by atoms with E-state index in [1.165, 1.54) is 75.3 Å². The molecule has 4 heteroatoms. The molecule has 0 saturated heterocycles. The Kier molecular flexibility index (Phi) is 18.3. The first-order chi connectivity index (χ1) is 13.8. The van der Waals surface area contributed by atoms with Crippen molar-refractivity contribution in [2.75, 3.05) is 0 Å². The van der Waals surface area contributed by atoms with Crippen molar-refractivity contribution in [1.29, 1.82) is 0 Å². The fourth-order valence-corrected chi connectivity index (χ4v) is 5.92. The van der Waals surface area contributed by atoms with Gasteiger partial charge in [0.05, 0.1) is 0 Å². The average Bonchev–Trinajstić information content (AvgIpc) is 3.01. The van der Waals surface area contributed by atoms with E-state index in [0.717, 1.165) is 11.8 Å². The summed E-state index contributed by atoms with van der Waals surface area (Å²) in [5, 5.41) is 0. The van der Waals surface area contributed by atoms with Gasteiger partial charge in [-0.1, -0.05) is 69.0 Å². The third-order valence-corrected chi connectivity index (χ3v) is 7.62. The van der Waals surface area contributed by atoms with E-state index in [1.807, 2.05) is 0 Å². The Morgan fingerprint density at radius 2 is 1.03 bits per heavy atom. The van der Waals surface area contributed by atoms with E-state index in [4.69, 9.17) is 0 Å². The van der Waals surface area contributed by atoms with E-state index >= 15 is 0 Å².